The van der Waals surface area contributed by atoms with E-state index in [1.165, 1.54) is 29.7 Å². The standard InChI is InChI=1S/C21H22N2/c1-2-3-16-23-17-14-18(20-11-7-8-12-21(20)23)13-15-22-19-9-5-4-6-10-19/h4-15,17H,2-3,16H2,1H3. The van der Waals surface area contributed by atoms with Crippen molar-refractivity contribution < 1.29 is 0 Å². The first-order chi connectivity index (χ1) is 11.4. The Morgan fingerprint density at radius 2 is 1.78 bits per heavy atom. The van der Waals surface area contributed by atoms with Crippen LogP contribution < -0.4 is 4.90 Å². The van der Waals surface area contributed by atoms with Crippen molar-refractivity contribution >= 4 is 23.2 Å². The summed E-state index contributed by atoms with van der Waals surface area (Å²) in [5.41, 5.74) is 4.73. The zero-order chi connectivity index (χ0) is 15.9. The van der Waals surface area contributed by atoms with E-state index in [4.69, 9.17) is 0 Å². The van der Waals surface area contributed by atoms with E-state index in [9.17, 15) is 0 Å². The van der Waals surface area contributed by atoms with Crippen molar-refractivity contribution in [3.05, 3.63) is 78.5 Å². The van der Waals surface area contributed by atoms with Crippen LogP contribution in [-0.2, 0) is 0 Å². The Bertz CT molecular complexity index is 727. The minimum atomic E-state index is 0.974. The number of nitrogens with zero attached hydrogens (tertiary/aromatic N) is 2. The van der Waals surface area contributed by atoms with Gasteiger partial charge < -0.3 is 4.90 Å². The quantitative estimate of drug-likeness (QED) is 0.656. The van der Waals surface area contributed by atoms with Crippen LogP contribution >= 0.6 is 0 Å². The van der Waals surface area contributed by atoms with Crippen molar-refractivity contribution in [2.75, 3.05) is 11.4 Å². The molecule has 2 nitrogen and oxygen atoms in total. The summed E-state index contributed by atoms with van der Waals surface area (Å²) in [6.07, 6.45) is 10.7. The molecule has 0 atom stereocenters. The van der Waals surface area contributed by atoms with Crippen LogP contribution in [0, 0.1) is 0 Å². The van der Waals surface area contributed by atoms with Crippen LogP contribution in [0.3, 0.4) is 0 Å². The highest BCUT2D eigenvalue weighted by molar-refractivity contribution is 5.94. The van der Waals surface area contributed by atoms with Crippen LogP contribution in [0.2, 0.25) is 0 Å². The average Bonchev–Trinajstić information content (AvgIpc) is 2.62. The Morgan fingerprint density at radius 1 is 1.00 bits per heavy atom. The largest absolute Gasteiger partial charge is 0.347 e. The lowest BCUT2D eigenvalue weighted by Crippen LogP contribution is -2.20. The zero-order valence-corrected chi connectivity index (χ0v) is 13.5. The molecule has 2 aromatic carbocycles. The molecule has 0 amide bonds. The van der Waals surface area contributed by atoms with Gasteiger partial charge in [0, 0.05) is 30.2 Å². The van der Waals surface area contributed by atoms with Gasteiger partial charge in [-0.05, 0) is 42.3 Å². The first-order valence-electron chi connectivity index (χ1n) is 8.22. The van der Waals surface area contributed by atoms with Crippen LogP contribution in [0.15, 0.2) is 77.9 Å². The van der Waals surface area contributed by atoms with Gasteiger partial charge in [-0.25, -0.2) is 0 Å². The molecular weight excluding hydrogens is 280 g/mol. The third-order valence-corrected chi connectivity index (χ3v) is 3.94. The fourth-order valence-corrected chi connectivity index (χ4v) is 2.70. The monoisotopic (exact) mass is 302 g/mol. The molecule has 116 valence electrons. The molecule has 2 aromatic rings. The molecule has 0 aromatic heterocycles. The molecule has 2 heteroatoms. The third kappa shape index (κ3) is 3.78. The van der Waals surface area contributed by atoms with E-state index in [1.807, 2.05) is 36.5 Å². The molecule has 0 aliphatic carbocycles. The molecule has 1 aliphatic heterocycles. The van der Waals surface area contributed by atoms with Crippen molar-refractivity contribution in [2.45, 2.75) is 19.8 Å². The van der Waals surface area contributed by atoms with E-state index in [0.29, 0.717) is 0 Å². The molecule has 0 spiro atoms. The fraction of sp³-hybridized carbons (Fsp3) is 0.190. The van der Waals surface area contributed by atoms with Crippen molar-refractivity contribution in [2.24, 2.45) is 4.99 Å². The summed E-state index contributed by atoms with van der Waals surface area (Å²) in [6.45, 7) is 3.29. The summed E-state index contributed by atoms with van der Waals surface area (Å²) < 4.78 is 0. The van der Waals surface area contributed by atoms with Gasteiger partial charge in [0.25, 0.3) is 0 Å². The molecule has 0 fully saturated rings. The molecule has 0 bridgehead atoms. The van der Waals surface area contributed by atoms with E-state index in [2.05, 4.69) is 59.4 Å². The number of fused-ring (bicyclic) bond motifs is 1. The lowest BCUT2D eigenvalue weighted by atomic mass is 9.99. The maximum Gasteiger partial charge on any atom is 0.0629 e. The number of para-hydroxylation sites is 2. The van der Waals surface area contributed by atoms with Gasteiger partial charge in [-0.3, -0.25) is 4.99 Å². The lowest BCUT2D eigenvalue weighted by molar-refractivity contribution is 0.781. The first-order valence-corrected chi connectivity index (χ1v) is 8.22. The van der Waals surface area contributed by atoms with Gasteiger partial charge in [-0.1, -0.05) is 49.7 Å². The van der Waals surface area contributed by atoms with E-state index in [0.717, 1.165) is 12.2 Å². The van der Waals surface area contributed by atoms with Crippen molar-refractivity contribution in [3.8, 4) is 0 Å². The van der Waals surface area contributed by atoms with Gasteiger partial charge in [0.05, 0.1) is 5.69 Å². The molecule has 0 N–H and O–H groups in total. The Balaban J connectivity index is 1.84. The van der Waals surface area contributed by atoms with Crippen LogP contribution in [0.25, 0.3) is 5.57 Å². The fourth-order valence-electron chi connectivity index (χ4n) is 2.70. The maximum atomic E-state index is 4.49. The van der Waals surface area contributed by atoms with Crippen LogP contribution in [0.1, 0.15) is 25.3 Å². The SMILES string of the molecule is CCCCN1C=CC(=CC=Nc2ccccc2)c2ccccc21. The van der Waals surface area contributed by atoms with Gasteiger partial charge in [-0.2, -0.15) is 0 Å². The molecule has 1 heterocycles. The molecular formula is C21H22N2. The number of anilines is 1. The molecule has 1 aliphatic rings. The van der Waals surface area contributed by atoms with Gasteiger partial charge in [0.2, 0.25) is 0 Å². The summed E-state index contributed by atoms with van der Waals surface area (Å²) in [6, 6.07) is 18.6. The number of benzene rings is 2. The predicted molar refractivity (Wildman–Crippen MR) is 100 cm³/mol. The summed E-state index contributed by atoms with van der Waals surface area (Å²) in [5, 5.41) is 0. The van der Waals surface area contributed by atoms with E-state index < -0.39 is 0 Å². The van der Waals surface area contributed by atoms with Gasteiger partial charge >= 0.3 is 0 Å². The Hall–Kier alpha value is -2.61. The molecule has 23 heavy (non-hydrogen) atoms. The second kappa shape index (κ2) is 7.59. The van der Waals surface area contributed by atoms with Gasteiger partial charge in [-0.15, -0.1) is 0 Å². The normalized spacial score (nSPS) is 15.3. The first kappa shape index (κ1) is 15.3. The number of hydrogen-bond donors (Lipinski definition) is 0. The molecule has 0 saturated heterocycles. The van der Waals surface area contributed by atoms with E-state index >= 15 is 0 Å². The average molecular weight is 302 g/mol. The van der Waals surface area contributed by atoms with E-state index in [1.54, 1.807) is 0 Å². The van der Waals surface area contributed by atoms with Crippen LogP contribution in [-0.4, -0.2) is 12.8 Å². The van der Waals surface area contributed by atoms with Gasteiger partial charge in [0.15, 0.2) is 0 Å². The van der Waals surface area contributed by atoms with Crippen LogP contribution in [0.5, 0.6) is 0 Å². The maximum absolute atomic E-state index is 4.49. The van der Waals surface area contributed by atoms with Crippen LogP contribution in [0.4, 0.5) is 11.4 Å². The Labute approximate surface area is 138 Å². The summed E-state index contributed by atoms with van der Waals surface area (Å²) >= 11 is 0. The number of hydrogen-bond acceptors (Lipinski definition) is 2. The molecule has 0 saturated carbocycles. The molecule has 0 radical (unpaired) electrons. The second-order valence-corrected chi connectivity index (χ2v) is 5.62. The summed E-state index contributed by atoms with van der Waals surface area (Å²) in [4.78, 5) is 6.83. The highest BCUT2D eigenvalue weighted by atomic mass is 15.1. The minimum Gasteiger partial charge on any atom is -0.347 e. The Morgan fingerprint density at radius 3 is 2.61 bits per heavy atom. The summed E-state index contributed by atoms with van der Waals surface area (Å²) in [7, 11) is 0. The van der Waals surface area contributed by atoms with Crippen molar-refractivity contribution in [1.29, 1.82) is 0 Å². The minimum absolute atomic E-state index is 0.974. The number of allylic oxidation sites excluding steroid dienone is 3. The number of rotatable bonds is 5. The second-order valence-electron chi connectivity index (χ2n) is 5.62. The topological polar surface area (TPSA) is 15.6 Å². The van der Waals surface area contributed by atoms with Crippen molar-refractivity contribution in [1.82, 2.24) is 0 Å². The smallest absolute Gasteiger partial charge is 0.0629 e. The highest BCUT2D eigenvalue weighted by Gasteiger charge is 2.14. The van der Waals surface area contributed by atoms with E-state index in [-0.39, 0.29) is 0 Å². The number of unbranched alkanes of at least 4 members (excludes halogenated alkanes) is 1. The lowest BCUT2D eigenvalue weighted by Gasteiger charge is -2.27. The van der Waals surface area contributed by atoms with Crippen molar-refractivity contribution in [3.63, 3.8) is 0 Å². The molecule has 3 rings (SSSR count). The van der Waals surface area contributed by atoms with Gasteiger partial charge in [0.1, 0.15) is 0 Å². The third-order valence-electron chi connectivity index (χ3n) is 3.94. The predicted octanol–water partition coefficient (Wildman–Crippen LogP) is 5.61. The summed E-state index contributed by atoms with van der Waals surface area (Å²) in [5.74, 6) is 0. The number of aliphatic imine (C=N–C) groups is 1. The Kier molecular flexibility index (Phi) is 5.05. The highest BCUT2D eigenvalue weighted by Crippen LogP contribution is 2.32. The zero-order valence-electron chi connectivity index (χ0n) is 13.5. The molecule has 0 unspecified atom stereocenters.